The zero-order chi connectivity index (χ0) is 13.5. The van der Waals surface area contributed by atoms with Gasteiger partial charge in [0.2, 0.25) is 6.79 Å². The summed E-state index contributed by atoms with van der Waals surface area (Å²) >= 11 is 3.49. The van der Waals surface area contributed by atoms with Crippen molar-refractivity contribution in [2.45, 2.75) is 19.0 Å². The molecule has 2 heterocycles. The van der Waals surface area contributed by atoms with Crippen LogP contribution in [0, 0.1) is 0 Å². The minimum atomic E-state index is -2.84. The number of sulfone groups is 1. The first-order chi connectivity index (χ1) is 9.03. The van der Waals surface area contributed by atoms with E-state index in [0.29, 0.717) is 13.0 Å². The van der Waals surface area contributed by atoms with Crippen molar-refractivity contribution in [2.75, 3.05) is 18.3 Å². The third-order valence-corrected chi connectivity index (χ3v) is 5.86. The van der Waals surface area contributed by atoms with Gasteiger partial charge >= 0.3 is 0 Å². The summed E-state index contributed by atoms with van der Waals surface area (Å²) in [5, 5.41) is 3.28. The fraction of sp³-hybridized carbons (Fsp3) is 0.500. The van der Waals surface area contributed by atoms with Crippen LogP contribution in [0.2, 0.25) is 0 Å². The third kappa shape index (κ3) is 2.88. The standard InChI is InChI=1S/C12H14BrNO4S/c13-10-4-12-11(17-7-18-12)3-8(10)5-14-9-1-2-19(15,16)6-9/h3-4,9,14H,1-2,5-7H2. The molecule has 1 unspecified atom stereocenters. The molecule has 0 bridgehead atoms. The van der Waals surface area contributed by atoms with Crippen molar-refractivity contribution >= 4 is 25.8 Å². The Kier molecular flexibility index (Phi) is 3.44. The highest BCUT2D eigenvalue weighted by atomic mass is 79.9. The number of fused-ring (bicyclic) bond motifs is 1. The molecule has 5 nitrogen and oxygen atoms in total. The van der Waals surface area contributed by atoms with Crippen LogP contribution in [0.5, 0.6) is 11.5 Å². The molecule has 0 aliphatic carbocycles. The summed E-state index contributed by atoms with van der Waals surface area (Å²) < 4.78 is 34.3. The number of halogens is 1. The monoisotopic (exact) mass is 347 g/mol. The molecule has 1 aromatic carbocycles. The molecule has 19 heavy (non-hydrogen) atoms. The van der Waals surface area contributed by atoms with Gasteiger partial charge in [0.05, 0.1) is 11.5 Å². The Morgan fingerprint density at radius 3 is 2.74 bits per heavy atom. The first kappa shape index (κ1) is 13.2. The number of rotatable bonds is 3. The van der Waals surface area contributed by atoms with Gasteiger partial charge in [0, 0.05) is 17.1 Å². The summed E-state index contributed by atoms with van der Waals surface area (Å²) in [6.07, 6.45) is 0.685. The average molecular weight is 348 g/mol. The number of hydrogen-bond donors (Lipinski definition) is 1. The Morgan fingerprint density at radius 2 is 2.05 bits per heavy atom. The molecule has 3 rings (SSSR count). The summed E-state index contributed by atoms with van der Waals surface area (Å²) in [6, 6.07) is 3.84. The molecule has 2 aliphatic rings. The molecule has 1 aromatic rings. The van der Waals surface area contributed by atoms with E-state index < -0.39 is 9.84 Å². The van der Waals surface area contributed by atoms with Crippen molar-refractivity contribution in [2.24, 2.45) is 0 Å². The van der Waals surface area contributed by atoms with E-state index in [1.165, 1.54) is 0 Å². The zero-order valence-electron chi connectivity index (χ0n) is 10.2. The summed E-state index contributed by atoms with van der Waals surface area (Å²) in [5.41, 5.74) is 1.04. The van der Waals surface area contributed by atoms with Crippen molar-refractivity contribution in [3.05, 3.63) is 22.2 Å². The van der Waals surface area contributed by atoms with Gasteiger partial charge in [-0.1, -0.05) is 15.9 Å². The lowest BCUT2D eigenvalue weighted by Gasteiger charge is -2.12. The molecule has 2 aliphatic heterocycles. The summed E-state index contributed by atoms with van der Waals surface area (Å²) in [7, 11) is -2.84. The van der Waals surface area contributed by atoms with Gasteiger partial charge in [-0.15, -0.1) is 0 Å². The summed E-state index contributed by atoms with van der Waals surface area (Å²) in [5.74, 6) is 1.99. The van der Waals surface area contributed by atoms with E-state index in [2.05, 4.69) is 21.2 Å². The summed E-state index contributed by atoms with van der Waals surface area (Å²) in [6.45, 7) is 0.858. The van der Waals surface area contributed by atoms with Crippen LogP contribution in [-0.2, 0) is 16.4 Å². The van der Waals surface area contributed by atoms with Crippen LogP contribution in [0.25, 0.3) is 0 Å². The molecular weight excluding hydrogens is 334 g/mol. The van der Waals surface area contributed by atoms with Gasteiger partial charge in [0.15, 0.2) is 21.3 Å². The highest BCUT2D eigenvalue weighted by Gasteiger charge is 2.27. The van der Waals surface area contributed by atoms with Crippen molar-refractivity contribution in [1.29, 1.82) is 0 Å². The van der Waals surface area contributed by atoms with E-state index in [0.717, 1.165) is 21.5 Å². The van der Waals surface area contributed by atoms with Crippen LogP contribution in [0.1, 0.15) is 12.0 Å². The van der Waals surface area contributed by atoms with Crippen LogP contribution < -0.4 is 14.8 Å². The van der Waals surface area contributed by atoms with Crippen LogP contribution in [-0.4, -0.2) is 32.8 Å². The Bertz CT molecular complexity index is 602. The number of hydrogen-bond acceptors (Lipinski definition) is 5. The smallest absolute Gasteiger partial charge is 0.231 e. The molecular formula is C12H14BrNO4S. The van der Waals surface area contributed by atoms with E-state index in [-0.39, 0.29) is 24.3 Å². The minimum absolute atomic E-state index is 0.0438. The Hall–Kier alpha value is -0.790. The van der Waals surface area contributed by atoms with Gasteiger partial charge in [0.1, 0.15) is 0 Å². The predicted molar refractivity (Wildman–Crippen MR) is 74.2 cm³/mol. The van der Waals surface area contributed by atoms with E-state index in [1.54, 1.807) is 0 Å². The largest absolute Gasteiger partial charge is 0.454 e. The maximum absolute atomic E-state index is 11.4. The molecule has 0 radical (unpaired) electrons. The van der Waals surface area contributed by atoms with Crippen molar-refractivity contribution < 1.29 is 17.9 Å². The van der Waals surface area contributed by atoms with E-state index in [4.69, 9.17) is 9.47 Å². The Balaban J connectivity index is 1.68. The van der Waals surface area contributed by atoms with E-state index >= 15 is 0 Å². The highest BCUT2D eigenvalue weighted by Crippen LogP contribution is 2.36. The van der Waals surface area contributed by atoms with Crippen LogP contribution in [0.4, 0.5) is 0 Å². The van der Waals surface area contributed by atoms with Gasteiger partial charge in [0.25, 0.3) is 0 Å². The predicted octanol–water partition coefficient (Wildman–Crippen LogP) is 1.45. The normalized spacial score (nSPS) is 23.7. The molecule has 0 aromatic heterocycles. The van der Waals surface area contributed by atoms with Crippen molar-refractivity contribution in [3.63, 3.8) is 0 Å². The first-order valence-electron chi connectivity index (χ1n) is 6.05. The second-order valence-corrected chi connectivity index (χ2v) is 7.86. The second-order valence-electron chi connectivity index (χ2n) is 4.78. The van der Waals surface area contributed by atoms with Gasteiger partial charge in [-0.2, -0.15) is 0 Å². The molecule has 0 spiro atoms. The van der Waals surface area contributed by atoms with E-state index in [9.17, 15) is 8.42 Å². The Morgan fingerprint density at radius 1 is 1.32 bits per heavy atom. The molecule has 1 fully saturated rings. The third-order valence-electron chi connectivity index (χ3n) is 3.36. The SMILES string of the molecule is O=S1(=O)CCC(NCc2cc3c(cc2Br)OCO3)C1. The lowest BCUT2D eigenvalue weighted by molar-refractivity contribution is 0.174. The maximum atomic E-state index is 11.4. The molecule has 1 saturated heterocycles. The van der Waals surface area contributed by atoms with Gasteiger partial charge in [-0.3, -0.25) is 0 Å². The van der Waals surface area contributed by atoms with Crippen LogP contribution >= 0.6 is 15.9 Å². The second kappa shape index (κ2) is 4.96. The quantitative estimate of drug-likeness (QED) is 0.896. The van der Waals surface area contributed by atoms with E-state index in [1.807, 2.05) is 12.1 Å². The number of ether oxygens (including phenoxy) is 2. The topological polar surface area (TPSA) is 64.6 Å². The summed E-state index contributed by atoms with van der Waals surface area (Å²) in [4.78, 5) is 0. The molecule has 1 atom stereocenters. The van der Waals surface area contributed by atoms with Crippen molar-refractivity contribution in [3.8, 4) is 11.5 Å². The van der Waals surface area contributed by atoms with Gasteiger partial charge in [-0.05, 0) is 24.1 Å². The first-order valence-corrected chi connectivity index (χ1v) is 8.67. The molecule has 0 saturated carbocycles. The number of benzene rings is 1. The minimum Gasteiger partial charge on any atom is -0.454 e. The Labute approximate surface area is 120 Å². The van der Waals surface area contributed by atoms with Crippen LogP contribution in [0.15, 0.2) is 16.6 Å². The lowest BCUT2D eigenvalue weighted by Crippen LogP contribution is -2.29. The van der Waals surface area contributed by atoms with Gasteiger partial charge < -0.3 is 14.8 Å². The zero-order valence-corrected chi connectivity index (χ0v) is 12.6. The number of nitrogens with one attached hydrogen (secondary N) is 1. The molecule has 1 N–H and O–H groups in total. The molecule has 0 amide bonds. The van der Waals surface area contributed by atoms with Crippen LogP contribution in [0.3, 0.4) is 0 Å². The fourth-order valence-electron chi connectivity index (χ4n) is 2.31. The van der Waals surface area contributed by atoms with Gasteiger partial charge in [-0.25, -0.2) is 8.42 Å². The highest BCUT2D eigenvalue weighted by molar-refractivity contribution is 9.10. The van der Waals surface area contributed by atoms with Crippen molar-refractivity contribution in [1.82, 2.24) is 5.32 Å². The maximum Gasteiger partial charge on any atom is 0.231 e. The lowest BCUT2D eigenvalue weighted by atomic mass is 10.2. The molecule has 104 valence electrons. The molecule has 7 heteroatoms. The fourth-order valence-corrected chi connectivity index (χ4v) is 4.48. The average Bonchev–Trinajstić information content (AvgIpc) is 2.92.